The van der Waals surface area contributed by atoms with E-state index < -0.39 is 0 Å². The molecule has 0 fully saturated rings. The molecule has 0 radical (unpaired) electrons. The molecule has 0 unspecified atom stereocenters. The smallest absolute Gasteiger partial charge is 0.872 e. The van der Waals surface area contributed by atoms with Gasteiger partial charge in [-0.1, -0.05) is 36.4 Å². The Hall–Kier alpha value is -1.09. The van der Waals surface area contributed by atoms with Crippen LogP contribution in [0.25, 0.3) is 6.08 Å². The molecule has 74 valence electrons. The largest absolute Gasteiger partial charge is 1.00 e. The van der Waals surface area contributed by atoms with Gasteiger partial charge in [0.1, 0.15) is 0 Å². The molecule has 0 saturated carbocycles. The van der Waals surface area contributed by atoms with E-state index in [0.29, 0.717) is 0 Å². The molecule has 1 aliphatic carbocycles. The van der Waals surface area contributed by atoms with E-state index in [2.05, 4.69) is 0 Å². The van der Waals surface area contributed by atoms with Crippen molar-refractivity contribution in [3.05, 3.63) is 59.7 Å². The summed E-state index contributed by atoms with van der Waals surface area (Å²) in [6, 6.07) is 6.56. The van der Waals surface area contributed by atoms with E-state index in [1.54, 1.807) is 24.3 Å². The van der Waals surface area contributed by atoms with Crippen molar-refractivity contribution in [2.75, 3.05) is 0 Å². The summed E-state index contributed by atoms with van der Waals surface area (Å²) in [6.07, 6.45) is 8.47. The Bertz CT molecular complexity index is 449. The molecule has 2 rings (SSSR count). The fourth-order valence-electron chi connectivity index (χ4n) is 1.32. The molecule has 0 spiro atoms. The minimum atomic E-state index is 0. The van der Waals surface area contributed by atoms with Crippen molar-refractivity contribution in [2.24, 2.45) is 0 Å². The van der Waals surface area contributed by atoms with Crippen LogP contribution in [0, 0.1) is 0 Å². The second kappa shape index (κ2) is 5.85. The third kappa shape index (κ3) is 3.49. The summed E-state index contributed by atoms with van der Waals surface area (Å²) < 4.78 is 0. The Kier molecular flexibility index (Phi) is 4.74. The quantitative estimate of drug-likeness (QED) is 0.560. The van der Waals surface area contributed by atoms with Crippen LogP contribution in [-0.2, 0) is 4.79 Å². The van der Waals surface area contributed by atoms with Crippen molar-refractivity contribution < 1.29 is 39.5 Å². The van der Waals surface area contributed by atoms with Gasteiger partial charge in [0, 0.05) is 0 Å². The first-order valence-electron chi connectivity index (χ1n) is 4.63. The molecule has 1 aliphatic rings. The molecule has 0 aliphatic heterocycles. The average Bonchev–Trinajstić information content (AvgIpc) is 2.25. The molecule has 0 aromatic heterocycles. The number of allylic oxidation sites excluding steroid dienone is 5. The number of carbonyl (C=O) groups is 1. The minimum absolute atomic E-state index is 0. The maximum Gasteiger partial charge on any atom is 1.00 e. The summed E-state index contributed by atoms with van der Waals surface area (Å²) in [5.41, 5.74) is 1.90. The Balaban J connectivity index is 0.00000128. The van der Waals surface area contributed by atoms with Gasteiger partial charge < -0.3 is 5.11 Å². The topological polar surface area (TPSA) is 40.1 Å². The minimum Gasteiger partial charge on any atom is -0.872 e. The zero-order chi connectivity index (χ0) is 10.7. The Morgan fingerprint density at radius 3 is 2.06 bits per heavy atom. The van der Waals surface area contributed by atoms with Gasteiger partial charge in [0.15, 0.2) is 5.78 Å². The third-order valence-electron chi connectivity index (χ3n) is 2.09. The summed E-state index contributed by atoms with van der Waals surface area (Å²) in [5, 5.41) is 10.9. The summed E-state index contributed by atoms with van der Waals surface area (Å²) in [5.74, 6) is 0.00381. The van der Waals surface area contributed by atoms with Crippen LogP contribution in [0.5, 0.6) is 5.75 Å². The summed E-state index contributed by atoms with van der Waals surface area (Å²) in [6.45, 7) is 0. The van der Waals surface area contributed by atoms with E-state index in [1.807, 2.05) is 6.08 Å². The number of carbonyl (C=O) groups excluding carboxylic acids is 1. The van der Waals surface area contributed by atoms with Gasteiger partial charge in [0.05, 0.1) is 0 Å². The van der Waals surface area contributed by atoms with Crippen LogP contribution in [0.15, 0.2) is 54.1 Å². The Morgan fingerprint density at radius 1 is 0.938 bits per heavy atom. The molecular formula is C13H9NaO2. The average molecular weight is 220 g/mol. The van der Waals surface area contributed by atoms with Crippen molar-refractivity contribution in [3.8, 4) is 5.75 Å². The normalized spacial score (nSPS) is 13.5. The zero-order valence-corrected chi connectivity index (χ0v) is 11.0. The maximum atomic E-state index is 10.9. The van der Waals surface area contributed by atoms with E-state index in [4.69, 9.17) is 0 Å². The van der Waals surface area contributed by atoms with Crippen molar-refractivity contribution in [2.45, 2.75) is 0 Å². The van der Waals surface area contributed by atoms with Crippen LogP contribution in [0.1, 0.15) is 5.56 Å². The molecule has 1 aromatic rings. The molecular weight excluding hydrogens is 211 g/mol. The van der Waals surface area contributed by atoms with Gasteiger partial charge in [0.25, 0.3) is 0 Å². The Morgan fingerprint density at radius 2 is 1.50 bits per heavy atom. The van der Waals surface area contributed by atoms with Gasteiger partial charge in [-0.15, -0.1) is 5.75 Å². The summed E-state index contributed by atoms with van der Waals surface area (Å²) in [7, 11) is 0. The standard InChI is InChI=1S/C13H10O2.Na/c14-12-5-1-10(2-6-12)9-11-3-7-13(15)8-4-11;/h1-9,14H;/q;+1/p-1. The first-order chi connectivity index (χ1) is 7.24. The summed E-state index contributed by atoms with van der Waals surface area (Å²) in [4.78, 5) is 10.9. The van der Waals surface area contributed by atoms with Crippen LogP contribution < -0.4 is 34.7 Å². The number of benzene rings is 1. The van der Waals surface area contributed by atoms with Crippen molar-refractivity contribution in [3.63, 3.8) is 0 Å². The van der Waals surface area contributed by atoms with Crippen molar-refractivity contribution >= 4 is 11.9 Å². The van der Waals surface area contributed by atoms with E-state index in [0.717, 1.165) is 11.1 Å². The molecule has 0 bridgehead atoms. The molecule has 2 nitrogen and oxygen atoms in total. The number of rotatable bonds is 1. The van der Waals surface area contributed by atoms with E-state index in [1.165, 1.54) is 24.3 Å². The molecule has 0 amide bonds. The Labute approximate surface area is 116 Å². The first-order valence-corrected chi connectivity index (χ1v) is 4.63. The SMILES string of the molecule is O=C1C=CC(=Cc2ccc([O-])cc2)C=C1.[Na+]. The van der Waals surface area contributed by atoms with Crippen LogP contribution in [0.3, 0.4) is 0 Å². The predicted octanol–water partition coefficient (Wildman–Crippen LogP) is -1.16. The second-order valence-corrected chi connectivity index (χ2v) is 3.28. The molecule has 0 N–H and O–H groups in total. The van der Waals surface area contributed by atoms with Crippen LogP contribution >= 0.6 is 0 Å². The van der Waals surface area contributed by atoms with E-state index in [9.17, 15) is 9.90 Å². The second-order valence-electron chi connectivity index (χ2n) is 3.28. The van der Waals surface area contributed by atoms with Crippen molar-refractivity contribution in [1.29, 1.82) is 0 Å². The monoisotopic (exact) mass is 220 g/mol. The maximum absolute atomic E-state index is 10.9. The van der Waals surface area contributed by atoms with Gasteiger partial charge in [-0.25, -0.2) is 0 Å². The number of hydrogen-bond acceptors (Lipinski definition) is 2. The zero-order valence-electron chi connectivity index (χ0n) is 9.01. The molecule has 16 heavy (non-hydrogen) atoms. The molecule has 0 atom stereocenters. The fraction of sp³-hybridized carbons (Fsp3) is 0. The summed E-state index contributed by atoms with van der Waals surface area (Å²) >= 11 is 0. The van der Waals surface area contributed by atoms with Gasteiger partial charge in [-0.2, -0.15) is 0 Å². The van der Waals surface area contributed by atoms with Gasteiger partial charge in [-0.05, 0) is 29.4 Å². The van der Waals surface area contributed by atoms with E-state index >= 15 is 0 Å². The predicted molar refractivity (Wildman–Crippen MR) is 57.2 cm³/mol. The molecule has 0 heterocycles. The number of ketones is 1. The fourth-order valence-corrected chi connectivity index (χ4v) is 1.32. The van der Waals surface area contributed by atoms with Crippen LogP contribution in [0.4, 0.5) is 0 Å². The van der Waals surface area contributed by atoms with Crippen molar-refractivity contribution in [1.82, 2.24) is 0 Å². The van der Waals surface area contributed by atoms with Gasteiger partial charge in [0.2, 0.25) is 0 Å². The molecule has 1 aromatic carbocycles. The van der Waals surface area contributed by atoms with E-state index in [-0.39, 0.29) is 41.1 Å². The third-order valence-corrected chi connectivity index (χ3v) is 2.09. The first kappa shape index (κ1) is 13.0. The van der Waals surface area contributed by atoms with Crippen LogP contribution in [-0.4, -0.2) is 5.78 Å². The van der Waals surface area contributed by atoms with Gasteiger partial charge >= 0.3 is 29.6 Å². The van der Waals surface area contributed by atoms with Gasteiger partial charge in [-0.3, -0.25) is 4.79 Å². The molecule has 3 heteroatoms. The molecule has 0 saturated heterocycles. The number of hydrogen-bond donors (Lipinski definition) is 0. The van der Waals surface area contributed by atoms with Crippen LogP contribution in [0.2, 0.25) is 0 Å².